The molecule has 29 heavy (non-hydrogen) atoms. The predicted octanol–water partition coefficient (Wildman–Crippen LogP) is 1.76. The Hall–Kier alpha value is -3.16. The van der Waals surface area contributed by atoms with Crippen molar-refractivity contribution in [1.82, 2.24) is 0 Å². The standard InChI is InChI=1S/C20H15Cl2N3O4/c1-10(26)24-13-4-2-3-11(7-13)20(19(28)29)14(5-6-17(23)27)18-15(22)8-12(21)9-16(18)25-20/h2-9H,1H3,(H2,23,27)(H,24,26)(H,28,29)/b6-5-. The van der Waals surface area contributed by atoms with Gasteiger partial charge in [-0.1, -0.05) is 35.3 Å². The topological polar surface area (TPSA) is 122 Å². The molecule has 2 amide bonds. The molecule has 3 rings (SSSR count). The average molecular weight is 432 g/mol. The first-order chi connectivity index (χ1) is 13.6. The quantitative estimate of drug-likeness (QED) is 0.624. The van der Waals surface area contributed by atoms with Crippen LogP contribution in [0.15, 0.2) is 53.5 Å². The molecule has 0 saturated carbocycles. The summed E-state index contributed by atoms with van der Waals surface area (Å²) < 4.78 is 0. The van der Waals surface area contributed by atoms with Crippen LogP contribution in [0, 0.1) is 0 Å². The van der Waals surface area contributed by atoms with E-state index in [4.69, 9.17) is 28.9 Å². The van der Waals surface area contributed by atoms with E-state index in [0.717, 1.165) is 6.08 Å². The molecular formula is C20H15Cl2N3O4. The number of carboxylic acid groups (broad SMARTS) is 1. The lowest BCUT2D eigenvalue weighted by atomic mass is 9.82. The molecule has 4 N–H and O–H groups in total. The Labute approximate surface area is 175 Å². The summed E-state index contributed by atoms with van der Waals surface area (Å²) in [5, 5.41) is 13.9. The van der Waals surface area contributed by atoms with E-state index in [2.05, 4.69) is 10.3 Å². The number of nitrogens with zero attached hydrogens (tertiary/aromatic N) is 1. The van der Waals surface area contributed by atoms with Crippen molar-refractivity contribution in [2.75, 3.05) is 5.32 Å². The van der Waals surface area contributed by atoms with Gasteiger partial charge < -0.3 is 16.2 Å². The molecule has 1 unspecified atom stereocenters. The number of anilines is 1. The molecule has 1 atom stereocenters. The van der Waals surface area contributed by atoms with E-state index in [1.165, 1.54) is 31.2 Å². The molecule has 1 aliphatic rings. The van der Waals surface area contributed by atoms with Crippen LogP contribution in [0.3, 0.4) is 0 Å². The third-order valence-corrected chi connectivity index (χ3v) is 4.82. The maximum atomic E-state index is 12.5. The van der Waals surface area contributed by atoms with Crippen molar-refractivity contribution < 1.29 is 19.5 Å². The Morgan fingerprint density at radius 3 is 2.55 bits per heavy atom. The van der Waals surface area contributed by atoms with Gasteiger partial charge >= 0.3 is 5.97 Å². The minimum Gasteiger partial charge on any atom is -0.479 e. The molecule has 0 aromatic heterocycles. The molecule has 148 valence electrons. The minimum absolute atomic E-state index is 0.153. The second-order valence-corrected chi connectivity index (χ2v) is 7.16. The Bertz CT molecular complexity index is 1210. The first-order valence-corrected chi connectivity index (χ1v) is 9.09. The molecule has 2 aromatic carbocycles. The number of primary amides is 1. The summed E-state index contributed by atoms with van der Waals surface area (Å²) in [6.07, 6.45) is 2.33. The van der Waals surface area contributed by atoms with E-state index in [9.17, 15) is 19.5 Å². The molecule has 9 heteroatoms. The molecule has 0 fully saturated rings. The Morgan fingerprint density at radius 2 is 1.93 bits per heavy atom. The number of carbonyl (C=O) groups is 3. The van der Waals surface area contributed by atoms with Crippen molar-refractivity contribution in [1.29, 1.82) is 0 Å². The van der Waals surface area contributed by atoms with E-state index in [0.29, 0.717) is 10.9 Å². The second-order valence-electron chi connectivity index (χ2n) is 6.32. The number of rotatable bonds is 5. The number of nitrogens with two attached hydrogens (primary N) is 1. The normalized spacial score (nSPS) is 17.7. The highest BCUT2D eigenvalue weighted by Crippen LogP contribution is 2.38. The number of hydrogen-bond donors (Lipinski definition) is 3. The Balaban J connectivity index is 2.40. The highest BCUT2D eigenvalue weighted by atomic mass is 35.5. The van der Waals surface area contributed by atoms with Gasteiger partial charge in [0.2, 0.25) is 17.4 Å². The monoisotopic (exact) mass is 431 g/mol. The van der Waals surface area contributed by atoms with Gasteiger partial charge in [-0.2, -0.15) is 0 Å². The molecule has 0 spiro atoms. The molecule has 1 heterocycles. The lowest BCUT2D eigenvalue weighted by Crippen LogP contribution is -2.35. The summed E-state index contributed by atoms with van der Waals surface area (Å²) in [5.74, 6) is -2.38. The van der Waals surface area contributed by atoms with Gasteiger partial charge in [-0.15, -0.1) is 0 Å². The number of hydrogen-bond acceptors (Lipinski definition) is 4. The van der Waals surface area contributed by atoms with Crippen molar-refractivity contribution in [3.05, 3.63) is 74.7 Å². The van der Waals surface area contributed by atoms with Gasteiger partial charge in [0.15, 0.2) is 0 Å². The number of benzene rings is 2. The molecule has 1 aliphatic heterocycles. The van der Waals surface area contributed by atoms with Crippen LogP contribution in [0.25, 0.3) is 5.57 Å². The van der Waals surface area contributed by atoms with E-state index in [1.54, 1.807) is 18.2 Å². The van der Waals surface area contributed by atoms with E-state index in [1.807, 2.05) is 0 Å². The molecule has 0 bridgehead atoms. The summed E-state index contributed by atoms with van der Waals surface area (Å²) in [6, 6.07) is 9.21. The number of nitrogens with one attached hydrogen (secondary N) is 1. The van der Waals surface area contributed by atoms with Crippen LogP contribution < -0.4 is 21.6 Å². The fraction of sp³-hybridized carbons (Fsp3) is 0.100. The largest absolute Gasteiger partial charge is 0.479 e. The van der Waals surface area contributed by atoms with Crippen molar-refractivity contribution >= 4 is 52.2 Å². The van der Waals surface area contributed by atoms with Gasteiger partial charge in [0.25, 0.3) is 0 Å². The summed E-state index contributed by atoms with van der Waals surface area (Å²) in [5.41, 5.74) is 4.10. The second kappa shape index (κ2) is 7.69. The predicted molar refractivity (Wildman–Crippen MR) is 109 cm³/mol. The lowest BCUT2D eigenvalue weighted by molar-refractivity contribution is -0.141. The maximum Gasteiger partial charge on any atom is 0.341 e. The Kier molecular flexibility index (Phi) is 5.46. The van der Waals surface area contributed by atoms with Crippen molar-refractivity contribution in [3.8, 4) is 0 Å². The van der Waals surface area contributed by atoms with Crippen LogP contribution in [0.2, 0.25) is 10.0 Å². The fourth-order valence-corrected chi connectivity index (χ4v) is 3.82. The first kappa shape index (κ1) is 20.6. The van der Waals surface area contributed by atoms with Crippen molar-refractivity contribution in [2.24, 2.45) is 10.7 Å². The summed E-state index contributed by atoms with van der Waals surface area (Å²) in [7, 11) is 0. The van der Waals surface area contributed by atoms with Gasteiger partial charge in [0.05, 0.1) is 10.4 Å². The molecular weight excluding hydrogens is 417 g/mol. The smallest absolute Gasteiger partial charge is 0.341 e. The highest BCUT2D eigenvalue weighted by molar-refractivity contribution is 6.34. The molecule has 7 nitrogen and oxygen atoms in total. The van der Waals surface area contributed by atoms with Gasteiger partial charge in [0.1, 0.15) is 0 Å². The number of halogens is 2. The third-order valence-electron chi connectivity index (χ3n) is 4.31. The molecule has 0 saturated heterocycles. The molecule has 0 radical (unpaired) electrons. The summed E-state index contributed by atoms with van der Waals surface area (Å²) in [6.45, 7) is 1.34. The van der Waals surface area contributed by atoms with Gasteiger partial charge in [-0.3, -0.25) is 14.6 Å². The zero-order valence-electron chi connectivity index (χ0n) is 15.1. The first-order valence-electron chi connectivity index (χ1n) is 8.34. The van der Waals surface area contributed by atoms with Crippen LogP contribution in [-0.4, -0.2) is 22.9 Å². The van der Waals surface area contributed by atoms with Gasteiger partial charge in [-0.05, 0) is 35.9 Å². The molecule has 0 aliphatic carbocycles. The van der Waals surface area contributed by atoms with Crippen LogP contribution in [0.4, 0.5) is 5.69 Å². The van der Waals surface area contributed by atoms with Crippen LogP contribution in [-0.2, 0) is 19.9 Å². The number of fused-ring (bicyclic) bond motifs is 1. The van der Waals surface area contributed by atoms with E-state index in [-0.39, 0.29) is 32.4 Å². The van der Waals surface area contributed by atoms with Crippen molar-refractivity contribution in [3.63, 3.8) is 0 Å². The minimum atomic E-state index is -1.92. The number of carbonyl (C=O) groups excluding carboxylic acids is 2. The SMILES string of the molecule is CC(=O)Nc1cccc(C2(C(=O)O)N=c3cc(Cl)cc(Cl)c3=C2/C=C\C(N)=O)c1. The van der Waals surface area contributed by atoms with Crippen LogP contribution >= 0.6 is 23.2 Å². The highest BCUT2D eigenvalue weighted by Gasteiger charge is 2.46. The van der Waals surface area contributed by atoms with Gasteiger partial charge in [-0.25, -0.2) is 4.79 Å². The summed E-state index contributed by atoms with van der Waals surface area (Å²) in [4.78, 5) is 39.7. The van der Waals surface area contributed by atoms with Crippen molar-refractivity contribution in [2.45, 2.75) is 12.5 Å². The van der Waals surface area contributed by atoms with Crippen LogP contribution in [0.5, 0.6) is 0 Å². The molecule has 2 aromatic rings. The fourth-order valence-electron chi connectivity index (χ4n) is 3.24. The number of aliphatic carboxylic acids is 1. The van der Waals surface area contributed by atoms with E-state index < -0.39 is 17.4 Å². The van der Waals surface area contributed by atoms with Crippen LogP contribution in [0.1, 0.15) is 12.5 Å². The number of carboxylic acids is 1. The number of amides is 2. The maximum absolute atomic E-state index is 12.5. The van der Waals surface area contributed by atoms with E-state index >= 15 is 0 Å². The van der Waals surface area contributed by atoms with Gasteiger partial charge in [0, 0.05) is 34.5 Å². The third kappa shape index (κ3) is 3.74. The zero-order valence-corrected chi connectivity index (χ0v) is 16.6. The summed E-state index contributed by atoms with van der Waals surface area (Å²) >= 11 is 12.4. The Morgan fingerprint density at radius 1 is 1.21 bits per heavy atom. The zero-order chi connectivity index (χ0) is 21.3. The lowest BCUT2D eigenvalue weighted by Gasteiger charge is -2.25. The average Bonchev–Trinajstić information content (AvgIpc) is 2.95.